The molecule has 0 amide bonds. The molecule has 0 spiro atoms. The van der Waals surface area contributed by atoms with Crippen LogP contribution in [-0.4, -0.2) is 18.2 Å². The maximum Gasteiger partial charge on any atom is 0.336 e. The molecule has 0 fully saturated rings. The molecule has 20 heavy (non-hydrogen) atoms. The first-order chi connectivity index (χ1) is 9.43. The van der Waals surface area contributed by atoms with Crippen LogP contribution in [-0.2, 0) is 0 Å². The first-order valence-corrected chi connectivity index (χ1v) is 6.50. The van der Waals surface area contributed by atoms with Crippen molar-refractivity contribution >= 4 is 17.6 Å². The van der Waals surface area contributed by atoms with Crippen LogP contribution in [0.2, 0.25) is 5.02 Å². The Morgan fingerprint density at radius 2 is 1.90 bits per heavy atom. The van der Waals surface area contributed by atoms with E-state index in [9.17, 15) is 9.90 Å². The van der Waals surface area contributed by atoms with Crippen LogP contribution in [0.3, 0.4) is 0 Å². The number of rotatable bonds is 3. The first-order valence-electron chi connectivity index (χ1n) is 6.12. The minimum absolute atomic E-state index is 0.208. The topological polar surface area (TPSA) is 46.5 Å². The van der Waals surface area contributed by atoms with Gasteiger partial charge in [0.05, 0.1) is 12.7 Å². The standard InChI is InChI=1S/C16H15ClO3/c1-9-6-10(2)15(14(7-9)20-3)13-8-11(17)4-5-12(13)16(18)19/h4-8H,1-3H3,(H,18,19). The number of hydrogen-bond donors (Lipinski definition) is 1. The van der Waals surface area contributed by atoms with Crippen LogP contribution in [0.15, 0.2) is 30.3 Å². The Bertz CT molecular complexity index is 678. The Morgan fingerprint density at radius 1 is 1.20 bits per heavy atom. The smallest absolute Gasteiger partial charge is 0.336 e. The number of benzene rings is 2. The van der Waals surface area contributed by atoms with Gasteiger partial charge in [0.1, 0.15) is 5.75 Å². The lowest BCUT2D eigenvalue weighted by molar-refractivity contribution is 0.0698. The normalized spacial score (nSPS) is 10.4. The van der Waals surface area contributed by atoms with Gasteiger partial charge in [-0.1, -0.05) is 17.7 Å². The lowest BCUT2D eigenvalue weighted by atomic mass is 9.93. The second-order valence-corrected chi connectivity index (χ2v) is 5.09. The van der Waals surface area contributed by atoms with Crippen molar-refractivity contribution in [2.45, 2.75) is 13.8 Å². The summed E-state index contributed by atoms with van der Waals surface area (Å²) in [7, 11) is 1.57. The summed E-state index contributed by atoms with van der Waals surface area (Å²) in [6.45, 7) is 3.90. The summed E-state index contributed by atoms with van der Waals surface area (Å²) in [4.78, 5) is 11.4. The molecule has 0 radical (unpaired) electrons. The minimum Gasteiger partial charge on any atom is -0.496 e. The van der Waals surface area contributed by atoms with E-state index in [1.807, 2.05) is 26.0 Å². The molecule has 2 rings (SSSR count). The van der Waals surface area contributed by atoms with Gasteiger partial charge in [-0.05, 0) is 49.2 Å². The molecule has 0 saturated heterocycles. The van der Waals surface area contributed by atoms with Crippen LogP contribution >= 0.6 is 11.6 Å². The van der Waals surface area contributed by atoms with E-state index in [1.54, 1.807) is 19.2 Å². The van der Waals surface area contributed by atoms with Crippen LogP contribution in [0.25, 0.3) is 11.1 Å². The lowest BCUT2D eigenvalue weighted by Crippen LogP contribution is -2.02. The van der Waals surface area contributed by atoms with E-state index in [4.69, 9.17) is 16.3 Å². The fourth-order valence-electron chi connectivity index (χ4n) is 2.34. The predicted molar refractivity (Wildman–Crippen MR) is 79.9 cm³/mol. The number of carboxylic acids is 1. The molecule has 0 saturated carbocycles. The number of carbonyl (C=O) groups is 1. The van der Waals surface area contributed by atoms with E-state index in [-0.39, 0.29) is 5.56 Å². The summed E-state index contributed by atoms with van der Waals surface area (Å²) >= 11 is 6.02. The summed E-state index contributed by atoms with van der Waals surface area (Å²) in [5.41, 5.74) is 3.55. The molecule has 0 atom stereocenters. The van der Waals surface area contributed by atoms with Crippen molar-refractivity contribution in [3.05, 3.63) is 52.0 Å². The van der Waals surface area contributed by atoms with Crippen molar-refractivity contribution in [3.63, 3.8) is 0 Å². The van der Waals surface area contributed by atoms with Gasteiger partial charge in [-0.3, -0.25) is 0 Å². The van der Waals surface area contributed by atoms with Gasteiger partial charge in [0.15, 0.2) is 0 Å². The zero-order chi connectivity index (χ0) is 14.9. The molecule has 0 aliphatic heterocycles. The number of ether oxygens (including phenoxy) is 1. The molecule has 3 nitrogen and oxygen atoms in total. The van der Waals surface area contributed by atoms with Crippen LogP contribution in [0.5, 0.6) is 5.75 Å². The molecular formula is C16H15ClO3. The Balaban J connectivity index is 2.80. The molecule has 4 heteroatoms. The first kappa shape index (κ1) is 14.4. The largest absolute Gasteiger partial charge is 0.496 e. The van der Waals surface area contributed by atoms with Crippen molar-refractivity contribution in [1.29, 1.82) is 0 Å². The van der Waals surface area contributed by atoms with Crippen LogP contribution < -0.4 is 4.74 Å². The van der Waals surface area contributed by atoms with Crippen molar-refractivity contribution in [2.24, 2.45) is 0 Å². The summed E-state index contributed by atoms with van der Waals surface area (Å²) in [5.74, 6) is -0.342. The summed E-state index contributed by atoms with van der Waals surface area (Å²) in [5, 5.41) is 9.84. The molecule has 0 heterocycles. The highest BCUT2D eigenvalue weighted by molar-refractivity contribution is 6.31. The molecule has 0 aliphatic carbocycles. The highest BCUT2D eigenvalue weighted by atomic mass is 35.5. The van der Waals surface area contributed by atoms with Gasteiger partial charge >= 0.3 is 5.97 Å². The summed E-state index contributed by atoms with van der Waals surface area (Å²) in [6.07, 6.45) is 0. The predicted octanol–water partition coefficient (Wildman–Crippen LogP) is 4.33. The van der Waals surface area contributed by atoms with Gasteiger partial charge in [0.2, 0.25) is 0 Å². The molecule has 0 aromatic heterocycles. The van der Waals surface area contributed by atoms with E-state index in [0.717, 1.165) is 16.7 Å². The SMILES string of the molecule is COc1cc(C)cc(C)c1-c1cc(Cl)ccc1C(=O)O. The molecule has 0 unspecified atom stereocenters. The Morgan fingerprint density at radius 3 is 2.50 bits per heavy atom. The number of methoxy groups -OCH3 is 1. The number of carboxylic acid groups (broad SMARTS) is 1. The van der Waals surface area contributed by atoms with Crippen molar-refractivity contribution in [1.82, 2.24) is 0 Å². The minimum atomic E-state index is -0.987. The van der Waals surface area contributed by atoms with Gasteiger partial charge < -0.3 is 9.84 Å². The fourth-order valence-corrected chi connectivity index (χ4v) is 2.52. The van der Waals surface area contributed by atoms with Crippen molar-refractivity contribution in [3.8, 4) is 16.9 Å². The Labute approximate surface area is 122 Å². The fraction of sp³-hybridized carbons (Fsp3) is 0.188. The highest BCUT2D eigenvalue weighted by Crippen LogP contribution is 2.37. The highest BCUT2D eigenvalue weighted by Gasteiger charge is 2.18. The van der Waals surface area contributed by atoms with E-state index in [1.165, 1.54) is 6.07 Å². The van der Waals surface area contributed by atoms with Gasteiger partial charge in [0.25, 0.3) is 0 Å². The third-order valence-corrected chi connectivity index (χ3v) is 3.38. The van der Waals surface area contributed by atoms with Crippen LogP contribution in [0, 0.1) is 13.8 Å². The Hall–Kier alpha value is -2.00. The molecule has 0 aliphatic rings. The van der Waals surface area contributed by atoms with E-state index >= 15 is 0 Å². The second kappa shape index (κ2) is 5.55. The van der Waals surface area contributed by atoms with Crippen molar-refractivity contribution in [2.75, 3.05) is 7.11 Å². The van der Waals surface area contributed by atoms with Gasteiger partial charge in [-0.2, -0.15) is 0 Å². The number of hydrogen-bond acceptors (Lipinski definition) is 2. The second-order valence-electron chi connectivity index (χ2n) is 4.65. The zero-order valence-corrected chi connectivity index (χ0v) is 12.3. The molecule has 2 aromatic rings. The summed E-state index contributed by atoms with van der Waals surface area (Å²) in [6, 6.07) is 8.62. The Kier molecular flexibility index (Phi) is 4.00. The van der Waals surface area contributed by atoms with Crippen LogP contribution in [0.4, 0.5) is 0 Å². The van der Waals surface area contributed by atoms with Crippen molar-refractivity contribution < 1.29 is 14.6 Å². The van der Waals surface area contributed by atoms with Gasteiger partial charge in [-0.25, -0.2) is 4.79 Å². The quantitative estimate of drug-likeness (QED) is 0.915. The number of halogens is 1. The average Bonchev–Trinajstić information content (AvgIpc) is 2.37. The maximum absolute atomic E-state index is 11.4. The summed E-state index contributed by atoms with van der Waals surface area (Å²) < 4.78 is 5.40. The number of aryl methyl sites for hydroxylation is 2. The van der Waals surface area contributed by atoms with Gasteiger partial charge in [-0.15, -0.1) is 0 Å². The number of aromatic carboxylic acids is 1. The van der Waals surface area contributed by atoms with E-state index in [0.29, 0.717) is 16.3 Å². The maximum atomic E-state index is 11.4. The third kappa shape index (κ3) is 2.63. The molecular weight excluding hydrogens is 276 g/mol. The molecule has 2 aromatic carbocycles. The third-order valence-electron chi connectivity index (χ3n) is 3.14. The molecule has 104 valence electrons. The zero-order valence-electron chi connectivity index (χ0n) is 11.5. The van der Waals surface area contributed by atoms with E-state index < -0.39 is 5.97 Å². The van der Waals surface area contributed by atoms with Crippen LogP contribution in [0.1, 0.15) is 21.5 Å². The van der Waals surface area contributed by atoms with E-state index in [2.05, 4.69) is 0 Å². The molecule has 0 bridgehead atoms. The molecule has 1 N–H and O–H groups in total. The lowest BCUT2D eigenvalue weighted by Gasteiger charge is -2.15. The monoisotopic (exact) mass is 290 g/mol. The van der Waals surface area contributed by atoms with Gasteiger partial charge in [0, 0.05) is 16.1 Å². The average molecular weight is 291 g/mol.